The Kier molecular flexibility index (Phi) is 5.48. The molecule has 0 unspecified atom stereocenters. The molecular weight excluding hydrogens is 481 g/mol. The second kappa shape index (κ2) is 8.37. The number of aromatic nitrogens is 3. The van der Waals surface area contributed by atoms with E-state index in [4.69, 9.17) is 4.52 Å². The topological polar surface area (TPSA) is 111 Å². The van der Waals surface area contributed by atoms with Crippen LogP contribution in [0.3, 0.4) is 0 Å². The molecular formula is C22H18FN5O4S2. The van der Waals surface area contributed by atoms with Crippen LogP contribution in [-0.4, -0.2) is 40.8 Å². The number of nitrogens with zero attached hydrogens (tertiary/aromatic N) is 5. The van der Waals surface area contributed by atoms with Crippen LogP contribution in [0.15, 0.2) is 67.1 Å². The summed E-state index contributed by atoms with van der Waals surface area (Å²) in [7, 11) is -4.02. The van der Waals surface area contributed by atoms with E-state index >= 15 is 0 Å². The number of fused-ring (bicyclic) bond motifs is 1. The van der Waals surface area contributed by atoms with Gasteiger partial charge in [0.2, 0.25) is 0 Å². The van der Waals surface area contributed by atoms with Crippen molar-refractivity contribution < 1.29 is 17.3 Å². The molecule has 0 aliphatic carbocycles. The summed E-state index contributed by atoms with van der Waals surface area (Å²) in [5.41, 5.74) is 1.91. The smallest absolute Gasteiger partial charge is 0.284 e. The van der Waals surface area contributed by atoms with E-state index in [0.717, 1.165) is 0 Å². The fraction of sp³-hybridized carbons (Fsp3) is 0.182. The summed E-state index contributed by atoms with van der Waals surface area (Å²) >= 11 is 1.31. The van der Waals surface area contributed by atoms with Gasteiger partial charge in [0.15, 0.2) is 10.8 Å². The van der Waals surface area contributed by atoms with Crippen LogP contribution in [0.25, 0.3) is 16.7 Å². The third kappa shape index (κ3) is 3.88. The van der Waals surface area contributed by atoms with Gasteiger partial charge in [-0.25, -0.2) is 4.39 Å². The van der Waals surface area contributed by atoms with Gasteiger partial charge >= 0.3 is 0 Å². The molecule has 174 valence electrons. The summed E-state index contributed by atoms with van der Waals surface area (Å²) in [5.74, 6) is 0.285. The van der Waals surface area contributed by atoms with Gasteiger partial charge in [-0.2, -0.15) is 18.2 Å². The third-order valence-corrected chi connectivity index (χ3v) is 7.69. The first kappa shape index (κ1) is 22.3. The Bertz CT molecular complexity index is 1590. The minimum atomic E-state index is -4.02. The third-order valence-electron chi connectivity index (χ3n) is 5.34. The second-order valence-electron chi connectivity index (χ2n) is 7.59. The van der Waals surface area contributed by atoms with Crippen LogP contribution in [-0.2, 0) is 10.0 Å². The van der Waals surface area contributed by atoms with Crippen LogP contribution >= 0.6 is 11.8 Å². The highest BCUT2D eigenvalue weighted by Gasteiger charge is 2.25. The van der Waals surface area contributed by atoms with Crippen molar-refractivity contribution in [3.05, 3.63) is 76.1 Å². The van der Waals surface area contributed by atoms with Crippen molar-refractivity contribution in [2.45, 2.75) is 18.7 Å². The van der Waals surface area contributed by atoms with Gasteiger partial charge in [0.05, 0.1) is 16.3 Å². The van der Waals surface area contributed by atoms with Crippen LogP contribution in [0.1, 0.15) is 11.4 Å². The maximum Gasteiger partial charge on any atom is 0.284 e. The zero-order valence-corrected chi connectivity index (χ0v) is 19.7. The lowest BCUT2D eigenvalue weighted by Gasteiger charge is -2.17. The lowest BCUT2D eigenvalue weighted by atomic mass is 10.2. The number of thioether (sulfide) groups is 1. The summed E-state index contributed by atoms with van der Waals surface area (Å²) < 4.78 is 49.6. The van der Waals surface area contributed by atoms with Gasteiger partial charge < -0.3 is 9.42 Å². The molecule has 0 radical (unpaired) electrons. The second-order valence-corrected chi connectivity index (χ2v) is 10.3. The fourth-order valence-electron chi connectivity index (χ4n) is 3.64. The van der Waals surface area contributed by atoms with Crippen LogP contribution < -0.4 is 10.5 Å². The molecule has 12 heteroatoms. The summed E-state index contributed by atoms with van der Waals surface area (Å²) in [4.78, 5) is 14.6. The van der Waals surface area contributed by atoms with E-state index in [0.29, 0.717) is 51.2 Å². The van der Waals surface area contributed by atoms with Crippen molar-refractivity contribution in [3.8, 4) is 5.69 Å². The Morgan fingerprint density at radius 2 is 1.71 bits per heavy atom. The molecule has 2 aromatic heterocycles. The van der Waals surface area contributed by atoms with E-state index in [1.165, 1.54) is 52.8 Å². The summed E-state index contributed by atoms with van der Waals surface area (Å²) in [5, 5.41) is 8.74. The minimum absolute atomic E-state index is 0.0256. The van der Waals surface area contributed by atoms with Crippen molar-refractivity contribution in [2.75, 3.05) is 17.2 Å². The van der Waals surface area contributed by atoms with E-state index in [1.807, 2.05) is 0 Å². The normalized spacial score (nSPS) is 15.5. The van der Waals surface area contributed by atoms with E-state index in [9.17, 15) is 17.6 Å². The first-order valence-electron chi connectivity index (χ1n) is 10.2. The van der Waals surface area contributed by atoms with Crippen molar-refractivity contribution in [1.82, 2.24) is 14.9 Å². The molecule has 2 aromatic carbocycles. The number of benzene rings is 2. The number of hydrogen-bond acceptors (Lipinski definition) is 7. The zero-order valence-electron chi connectivity index (χ0n) is 18.1. The zero-order chi connectivity index (χ0) is 24.0. The molecule has 0 N–H and O–H groups in total. The van der Waals surface area contributed by atoms with Gasteiger partial charge in [0.25, 0.3) is 15.6 Å². The van der Waals surface area contributed by atoms with Crippen LogP contribution in [0, 0.1) is 19.7 Å². The van der Waals surface area contributed by atoms with E-state index in [2.05, 4.69) is 14.7 Å². The Morgan fingerprint density at radius 3 is 2.41 bits per heavy atom. The molecule has 1 saturated heterocycles. The molecule has 0 bridgehead atoms. The first-order chi connectivity index (χ1) is 16.2. The SMILES string of the molecule is Cc1nn(-c2ccc(S(=O)(=O)/N=C3\SCCN3c3ccc(F)cc3)cc2)c(=O)c2c(C)noc12. The number of sulfonamides is 1. The molecule has 0 atom stereocenters. The molecule has 1 aliphatic heterocycles. The molecule has 0 spiro atoms. The molecule has 0 saturated carbocycles. The summed E-state index contributed by atoms with van der Waals surface area (Å²) in [6.07, 6.45) is 0. The Morgan fingerprint density at radius 1 is 1.03 bits per heavy atom. The average molecular weight is 500 g/mol. The highest BCUT2D eigenvalue weighted by Crippen LogP contribution is 2.28. The predicted molar refractivity (Wildman–Crippen MR) is 128 cm³/mol. The number of anilines is 1. The number of aryl methyl sites for hydroxylation is 2. The predicted octanol–water partition coefficient (Wildman–Crippen LogP) is 3.43. The molecule has 34 heavy (non-hydrogen) atoms. The number of rotatable bonds is 4. The van der Waals surface area contributed by atoms with Gasteiger partial charge in [0, 0.05) is 18.0 Å². The summed E-state index contributed by atoms with van der Waals surface area (Å²) in [6.45, 7) is 3.92. The molecule has 0 amide bonds. The van der Waals surface area contributed by atoms with E-state index in [-0.39, 0.29) is 10.7 Å². The largest absolute Gasteiger partial charge is 0.354 e. The number of hydrogen-bond donors (Lipinski definition) is 0. The van der Waals surface area contributed by atoms with Gasteiger partial charge in [-0.1, -0.05) is 16.9 Å². The number of halogens is 1. The molecule has 9 nitrogen and oxygen atoms in total. The van der Waals surface area contributed by atoms with Crippen LogP contribution in [0.4, 0.5) is 10.1 Å². The van der Waals surface area contributed by atoms with Crippen molar-refractivity contribution in [3.63, 3.8) is 0 Å². The monoisotopic (exact) mass is 499 g/mol. The number of amidine groups is 1. The molecule has 3 heterocycles. The lowest BCUT2D eigenvalue weighted by Crippen LogP contribution is -2.24. The Balaban J connectivity index is 1.48. The van der Waals surface area contributed by atoms with Gasteiger partial charge in [-0.15, -0.1) is 4.40 Å². The highest BCUT2D eigenvalue weighted by molar-refractivity contribution is 8.15. The summed E-state index contributed by atoms with van der Waals surface area (Å²) in [6, 6.07) is 11.6. The van der Waals surface area contributed by atoms with Crippen molar-refractivity contribution >= 4 is 43.6 Å². The minimum Gasteiger partial charge on any atom is -0.354 e. The van der Waals surface area contributed by atoms with Gasteiger partial charge in [-0.3, -0.25) is 4.79 Å². The average Bonchev–Trinajstić information content (AvgIpc) is 3.43. The van der Waals surface area contributed by atoms with E-state index < -0.39 is 15.6 Å². The molecule has 4 aromatic rings. The van der Waals surface area contributed by atoms with Crippen LogP contribution in [0.2, 0.25) is 0 Å². The maximum absolute atomic E-state index is 13.3. The lowest BCUT2D eigenvalue weighted by molar-refractivity contribution is 0.447. The highest BCUT2D eigenvalue weighted by atomic mass is 32.2. The van der Waals surface area contributed by atoms with Crippen molar-refractivity contribution in [2.24, 2.45) is 4.40 Å². The first-order valence-corrected chi connectivity index (χ1v) is 12.6. The Hall–Kier alpha value is -3.51. The molecule has 1 fully saturated rings. The van der Waals surface area contributed by atoms with Gasteiger partial charge in [-0.05, 0) is 62.4 Å². The molecule has 1 aliphatic rings. The van der Waals surface area contributed by atoms with Crippen LogP contribution in [0.5, 0.6) is 0 Å². The van der Waals surface area contributed by atoms with Crippen molar-refractivity contribution in [1.29, 1.82) is 0 Å². The Labute approximate surface area is 197 Å². The van der Waals surface area contributed by atoms with Gasteiger partial charge in [0.1, 0.15) is 16.9 Å². The fourth-order valence-corrected chi connectivity index (χ4v) is 5.85. The standard InChI is InChI=1S/C22H18FN5O4S2/c1-13-19-20(32-25-13)14(2)24-28(21(19)29)17-7-9-18(10-8-17)34(30,31)26-22-27(11-12-33-22)16-5-3-15(23)4-6-16/h3-10H,11-12H2,1-2H3/b26-22-. The maximum atomic E-state index is 13.3. The molecule has 5 rings (SSSR count). The quantitative estimate of drug-likeness (QED) is 0.420. The van der Waals surface area contributed by atoms with E-state index in [1.54, 1.807) is 30.9 Å².